The average molecular weight is 374 g/mol. The van der Waals surface area contributed by atoms with Crippen LogP contribution < -0.4 is 4.13 Å². The van der Waals surface area contributed by atoms with E-state index in [9.17, 15) is 12.8 Å². The normalized spacial score (nSPS) is 11.9. The third-order valence-electron chi connectivity index (χ3n) is 3.19. The highest BCUT2D eigenvalue weighted by molar-refractivity contribution is 8.09. The predicted molar refractivity (Wildman–Crippen MR) is 94.8 cm³/mol. The molecular weight excluding hydrogens is 357 g/mol. The molecule has 0 saturated heterocycles. The zero-order valence-electron chi connectivity index (χ0n) is 12.9. The summed E-state index contributed by atoms with van der Waals surface area (Å²) in [6.07, 6.45) is 1.07. The van der Waals surface area contributed by atoms with Crippen molar-refractivity contribution in [3.63, 3.8) is 0 Å². The quantitative estimate of drug-likeness (QED) is 0.764. The van der Waals surface area contributed by atoms with Gasteiger partial charge < -0.3 is 0 Å². The second-order valence-electron chi connectivity index (χ2n) is 5.46. The fourth-order valence-electron chi connectivity index (χ4n) is 2.10. The van der Waals surface area contributed by atoms with E-state index >= 15 is 0 Å². The van der Waals surface area contributed by atoms with Crippen LogP contribution in [0.2, 0.25) is 5.02 Å². The Morgan fingerprint density at radius 1 is 1.17 bits per heavy atom. The highest BCUT2D eigenvalue weighted by atomic mass is 35.5. The van der Waals surface area contributed by atoms with Crippen molar-refractivity contribution in [3.05, 3.63) is 52.8 Å². The second kappa shape index (κ2) is 7.21. The molecule has 7 heteroatoms. The molecule has 0 unspecified atom stereocenters. The van der Waals surface area contributed by atoms with E-state index < -0.39 is 10.0 Å². The Labute approximate surface area is 145 Å². The van der Waals surface area contributed by atoms with E-state index in [4.69, 9.17) is 11.6 Å². The van der Waals surface area contributed by atoms with E-state index in [1.165, 1.54) is 0 Å². The van der Waals surface area contributed by atoms with Crippen molar-refractivity contribution >= 4 is 33.6 Å². The number of benzene rings is 2. The zero-order valence-corrected chi connectivity index (χ0v) is 15.3. The van der Waals surface area contributed by atoms with Crippen molar-refractivity contribution in [3.8, 4) is 11.1 Å². The van der Waals surface area contributed by atoms with Gasteiger partial charge in [0.25, 0.3) is 0 Å². The average Bonchev–Trinajstić information content (AvgIpc) is 2.46. The first-order valence-electron chi connectivity index (χ1n) is 6.91. The predicted octanol–water partition coefficient (Wildman–Crippen LogP) is 4.83. The standard InChI is InChI=1S/C16H17ClFNO2S2/c1-10(2)12-5-4-6-13(16(12)18)14-9-11(7-8-15(14)17)22-19-23(3,20)21/h4-10,19H,1-3H3. The van der Waals surface area contributed by atoms with E-state index in [0.717, 1.165) is 18.2 Å². The summed E-state index contributed by atoms with van der Waals surface area (Å²) in [4.78, 5) is 0.629. The number of hydrogen-bond donors (Lipinski definition) is 1. The molecule has 0 aliphatic heterocycles. The second-order valence-corrected chi connectivity index (χ2v) is 8.76. The van der Waals surface area contributed by atoms with Gasteiger partial charge in [-0.2, -0.15) is 4.13 Å². The summed E-state index contributed by atoms with van der Waals surface area (Å²) >= 11 is 7.15. The lowest BCUT2D eigenvalue weighted by Gasteiger charge is -2.13. The molecule has 1 N–H and O–H groups in total. The fraction of sp³-hybridized carbons (Fsp3) is 0.250. The minimum Gasteiger partial charge on any atom is -0.212 e. The molecule has 0 atom stereocenters. The Hall–Kier alpha value is -1.08. The van der Waals surface area contributed by atoms with Gasteiger partial charge in [0.1, 0.15) is 5.82 Å². The zero-order chi connectivity index (χ0) is 17.2. The fourth-order valence-corrected chi connectivity index (χ4v) is 3.62. The van der Waals surface area contributed by atoms with Gasteiger partial charge >= 0.3 is 0 Å². The molecule has 0 fully saturated rings. The van der Waals surface area contributed by atoms with Crippen LogP contribution in [0.1, 0.15) is 25.3 Å². The van der Waals surface area contributed by atoms with E-state index in [1.807, 2.05) is 13.8 Å². The first kappa shape index (κ1) is 18.3. The molecule has 0 spiro atoms. The van der Waals surface area contributed by atoms with Crippen LogP contribution in [0.4, 0.5) is 4.39 Å². The Morgan fingerprint density at radius 2 is 1.87 bits per heavy atom. The monoisotopic (exact) mass is 373 g/mol. The number of sulfonamides is 1. The Bertz CT molecular complexity index is 823. The first-order valence-corrected chi connectivity index (χ1v) is 9.99. The first-order chi connectivity index (χ1) is 10.7. The molecule has 124 valence electrons. The molecule has 0 aromatic heterocycles. The van der Waals surface area contributed by atoms with Gasteiger partial charge in [-0.05, 0) is 41.6 Å². The number of halogens is 2. The molecule has 0 aliphatic carbocycles. The highest BCUT2D eigenvalue weighted by Crippen LogP contribution is 2.35. The molecule has 2 aromatic rings. The molecule has 2 rings (SSSR count). The van der Waals surface area contributed by atoms with Crippen LogP contribution in [0, 0.1) is 5.82 Å². The lowest BCUT2D eigenvalue weighted by molar-refractivity contribution is 0.600. The molecule has 0 radical (unpaired) electrons. The Balaban J connectivity index is 2.45. The molecule has 2 aromatic carbocycles. The molecule has 0 saturated carbocycles. The SMILES string of the molecule is CC(C)c1cccc(-c2cc(SNS(C)(=O)=O)ccc2Cl)c1F. The summed E-state index contributed by atoms with van der Waals surface area (Å²) in [5, 5.41) is 0.411. The van der Waals surface area contributed by atoms with E-state index in [-0.39, 0.29) is 11.7 Å². The van der Waals surface area contributed by atoms with Crippen LogP contribution in [0.15, 0.2) is 41.3 Å². The third-order valence-corrected chi connectivity index (χ3v) is 5.55. The van der Waals surface area contributed by atoms with Crippen molar-refractivity contribution < 1.29 is 12.8 Å². The molecule has 23 heavy (non-hydrogen) atoms. The smallest absolute Gasteiger partial charge is 0.212 e. The van der Waals surface area contributed by atoms with Crippen molar-refractivity contribution in [1.29, 1.82) is 0 Å². The van der Waals surface area contributed by atoms with E-state index in [2.05, 4.69) is 4.13 Å². The molecule has 3 nitrogen and oxygen atoms in total. The summed E-state index contributed by atoms with van der Waals surface area (Å²) < 4.78 is 39.4. The molecule has 0 amide bonds. The minimum atomic E-state index is -3.33. The van der Waals surface area contributed by atoms with Crippen molar-refractivity contribution in [2.45, 2.75) is 24.7 Å². The van der Waals surface area contributed by atoms with E-state index in [0.29, 0.717) is 26.6 Å². The van der Waals surface area contributed by atoms with Gasteiger partial charge in [0.15, 0.2) is 0 Å². The van der Waals surface area contributed by atoms with Crippen LogP contribution in [0.3, 0.4) is 0 Å². The van der Waals surface area contributed by atoms with Gasteiger partial charge in [0.05, 0.1) is 6.26 Å². The number of rotatable bonds is 5. The maximum absolute atomic E-state index is 14.7. The van der Waals surface area contributed by atoms with Crippen LogP contribution in [-0.4, -0.2) is 14.7 Å². The van der Waals surface area contributed by atoms with Gasteiger partial charge in [-0.1, -0.05) is 43.6 Å². The summed E-state index contributed by atoms with van der Waals surface area (Å²) in [5.41, 5.74) is 1.56. The summed E-state index contributed by atoms with van der Waals surface area (Å²) in [6.45, 7) is 3.85. The largest absolute Gasteiger partial charge is 0.218 e. The van der Waals surface area contributed by atoms with Gasteiger partial charge in [0, 0.05) is 21.0 Å². The van der Waals surface area contributed by atoms with E-state index in [1.54, 1.807) is 36.4 Å². The van der Waals surface area contributed by atoms with Crippen LogP contribution in [0.25, 0.3) is 11.1 Å². The Kier molecular flexibility index (Phi) is 5.73. The van der Waals surface area contributed by atoms with Crippen LogP contribution in [0.5, 0.6) is 0 Å². The van der Waals surface area contributed by atoms with Crippen molar-refractivity contribution in [2.75, 3.05) is 6.26 Å². The Morgan fingerprint density at radius 3 is 2.48 bits per heavy atom. The highest BCUT2D eigenvalue weighted by Gasteiger charge is 2.15. The number of nitrogens with one attached hydrogen (secondary N) is 1. The molecular formula is C16H17ClFNO2S2. The molecule has 0 heterocycles. The third kappa shape index (κ3) is 4.70. The maximum Gasteiger partial charge on any atom is 0.218 e. The molecule has 0 aliphatic rings. The summed E-state index contributed by atoms with van der Waals surface area (Å²) in [6, 6.07) is 10.2. The topological polar surface area (TPSA) is 46.2 Å². The lowest BCUT2D eigenvalue weighted by Crippen LogP contribution is -2.13. The van der Waals surface area contributed by atoms with Crippen molar-refractivity contribution in [1.82, 2.24) is 4.13 Å². The maximum atomic E-state index is 14.7. The van der Waals surface area contributed by atoms with Crippen LogP contribution in [-0.2, 0) is 10.0 Å². The summed E-state index contributed by atoms with van der Waals surface area (Å²) in [7, 11) is -3.33. The van der Waals surface area contributed by atoms with Gasteiger partial charge in [-0.3, -0.25) is 0 Å². The van der Waals surface area contributed by atoms with Gasteiger partial charge in [-0.25, -0.2) is 12.8 Å². The van der Waals surface area contributed by atoms with Crippen molar-refractivity contribution in [2.24, 2.45) is 0 Å². The van der Waals surface area contributed by atoms with Crippen LogP contribution >= 0.6 is 23.5 Å². The van der Waals surface area contributed by atoms with Gasteiger partial charge in [0.2, 0.25) is 10.0 Å². The molecule has 0 bridgehead atoms. The lowest BCUT2D eigenvalue weighted by atomic mass is 9.96. The van der Waals surface area contributed by atoms with Gasteiger partial charge in [-0.15, -0.1) is 0 Å². The summed E-state index contributed by atoms with van der Waals surface area (Å²) in [5.74, 6) is -0.249. The number of hydrogen-bond acceptors (Lipinski definition) is 3. The minimum absolute atomic E-state index is 0.0539.